The van der Waals surface area contributed by atoms with Gasteiger partial charge >= 0.3 is 0 Å². The molecule has 0 aromatic carbocycles. The summed E-state index contributed by atoms with van der Waals surface area (Å²) in [5, 5.41) is 0. The van der Waals surface area contributed by atoms with Crippen LogP contribution in [0.3, 0.4) is 0 Å². The summed E-state index contributed by atoms with van der Waals surface area (Å²) in [5.41, 5.74) is 0.549. The molecule has 0 aliphatic rings. The molecule has 2 aromatic heterocycles. The zero-order valence-corrected chi connectivity index (χ0v) is 11.4. The Bertz CT molecular complexity index is 561. The van der Waals surface area contributed by atoms with Crippen LogP contribution in [0.4, 0.5) is 0 Å². The smallest absolute Gasteiger partial charge is 0.264 e. The SMILES string of the molecule is Cc1nc(-c2ccc(Br)o2)[nH]c(=O)c1I. The van der Waals surface area contributed by atoms with Crippen molar-refractivity contribution in [1.29, 1.82) is 0 Å². The maximum Gasteiger partial charge on any atom is 0.264 e. The van der Waals surface area contributed by atoms with Gasteiger partial charge in [-0.1, -0.05) is 0 Å². The lowest BCUT2D eigenvalue weighted by atomic mass is 10.4. The predicted octanol–water partition coefficient (Wildman–Crippen LogP) is 2.71. The average Bonchev–Trinajstić information content (AvgIpc) is 2.60. The number of H-pyrrole nitrogens is 1. The van der Waals surface area contributed by atoms with Crippen molar-refractivity contribution in [2.45, 2.75) is 6.92 Å². The van der Waals surface area contributed by atoms with Crippen LogP contribution in [0.5, 0.6) is 0 Å². The van der Waals surface area contributed by atoms with E-state index in [0.29, 0.717) is 25.5 Å². The van der Waals surface area contributed by atoms with Gasteiger partial charge in [0.05, 0.1) is 9.26 Å². The Morgan fingerprint density at radius 3 is 2.80 bits per heavy atom. The fourth-order valence-corrected chi connectivity index (χ4v) is 1.69. The molecule has 6 heteroatoms. The summed E-state index contributed by atoms with van der Waals surface area (Å²) in [6, 6.07) is 3.50. The van der Waals surface area contributed by atoms with Gasteiger partial charge in [-0.2, -0.15) is 0 Å². The molecular formula is C9H6BrIN2O2. The lowest BCUT2D eigenvalue weighted by Gasteiger charge is -1.99. The topological polar surface area (TPSA) is 58.9 Å². The highest BCUT2D eigenvalue weighted by atomic mass is 127. The summed E-state index contributed by atoms with van der Waals surface area (Å²) < 4.78 is 6.51. The van der Waals surface area contributed by atoms with Crippen molar-refractivity contribution < 1.29 is 4.42 Å². The fourth-order valence-electron chi connectivity index (χ4n) is 1.13. The van der Waals surface area contributed by atoms with Crippen LogP contribution in [-0.2, 0) is 0 Å². The molecule has 1 N–H and O–H groups in total. The van der Waals surface area contributed by atoms with Gasteiger partial charge in [-0.25, -0.2) is 4.98 Å². The number of nitrogens with one attached hydrogen (secondary N) is 1. The van der Waals surface area contributed by atoms with E-state index in [0.717, 1.165) is 0 Å². The highest BCUT2D eigenvalue weighted by Gasteiger charge is 2.09. The number of hydrogen-bond acceptors (Lipinski definition) is 3. The van der Waals surface area contributed by atoms with Crippen LogP contribution >= 0.6 is 38.5 Å². The lowest BCUT2D eigenvalue weighted by molar-refractivity contribution is 0.550. The Hall–Kier alpha value is -0.630. The van der Waals surface area contributed by atoms with E-state index in [1.807, 2.05) is 22.6 Å². The maximum atomic E-state index is 11.5. The molecule has 0 saturated heterocycles. The van der Waals surface area contributed by atoms with Crippen molar-refractivity contribution >= 4 is 38.5 Å². The number of halogens is 2. The van der Waals surface area contributed by atoms with E-state index < -0.39 is 0 Å². The maximum absolute atomic E-state index is 11.5. The molecule has 0 saturated carbocycles. The molecule has 4 nitrogen and oxygen atoms in total. The van der Waals surface area contributed by atoms with Gasteiger partial charge < -0.3 is 9.40 Å². The molecule has 15 heavy (non-hydrogen) atoms. The first-order valence-electron chi connectivity index (χ1n) is 4.10. The quantitative estimate of drug-likeness (QED) is 0.774. The summed E-state index contributed by atoms with van der Waals surface area (Å²) in [6.45, 7) is 1.79. The van der Waals surface area contributed by atoms with E-state index in [4.69, 9.17) is 4.42 Å². The molecule has 0 aliphatic heterocycles. The van der Waals surface area contributed by atoms with Crippen LogP contribution in [0.2, 0.25) is 0 Å². The first kappa shape index (κ1) is 10.9. The standard InChI is InChI=1S/C9H6BrIN2O2/c1-4-7(11)9(14)13-8(12-4)5-2-3-6(10)15-5/h2-3H,1H3,(H,12,13,14). The summed E-state index contributed by atoms with van der Waals surface area (Å²) in [6.07, 6.45) is 0. The molecular weight excluding hydrogens is 375 g/mol. The van der Waals surface area contributed by atoms with Gasteiger partial charge in [0, 0.05) is 0 Å². The second kappa shape index (κ2) is 4.09. The summed E-state index contributed by atoms with van der Waals surface area (Å²) >= 11 is 5.16. The van der Waals surface area contributed by atoms with E-state index in [1.54, 1.807) is 19.1 Å². The largest absolute Gasteiger partial charge is 0.446 e. The second-order valence-electron chi connectivity index (χ2n) is 2.92. The van der Waals surface area contributed by atoms with E-state index in [1.165, 1.54) is 0 Å². The molecule has 2 aromatic rings. The van der Waals surface area contributed by atoms with Crippen LogP contribution in [-0.4, -0.2) is 9.97 Å². The van der Waals surface area contributed by atoms with Crippen LogP contribution in [0.25, 0.3) is 11.6 Å². The van der Waals surface area contributed by atoms with Gasteiger partial charge in [0.1, 0.15) is 0 Å². The van der Waals surface area contributed by atoms with Crippen LogP contribution in [0, 0.1) is 10.5 Å². The van der Waals surface area contributed by atoms with Crippen molar-refractivity contribution in [3.05, 3.63) is 36.4 Å². The molecule has 0 atom stereocenters. The lowest BCUT2D eigenvalue weighted by Crippen LogP contribution is -2.14. The van der Waals surface area contributed by atoms with Gasteiger partial charge in [-0.3, -0.25) is 4.79 Å². The van der Waals surface area contributed by atoms with Crippen molar-refractivity contribution in [2.75, 3.05) is 0 Å². The number of aromatic amines is 1. The summed E-state index contributed by atoms with van der Waals surface area (Å²) in [5.74, 6) is 0.988. The normalized spacial score (nSPS) is 10.6. The third-order valence-corrected chi connectivity index (χ3v) is 3.53. The Labute approximate surface area is 107 Å². The molecule has 0 fully saturated rings. The fraction of sp³-hybridized carbons (Fsp3) is 0.111. The summed E-state index contributed by atoms with van der Waals surface area (Å²) in [7, 11) is 0. The van der Waals surface area contributed by atoms with Crippen LogP contribution < -0.4 is 5.56 Å². The Kier molecular flexibility index (Phi) is 2.96. The second-order valence-corrected chi connectivity index (χ2v) is 4.78. The number of rotatable bonds is 1. The van der Waals surface area contributed by atoms with Crippen molar-refractivity contribution in [3.8, 4) is 11.6 Å². The van der Waals surface area contributed by atoms with Crippen molar-refractivity contribution in [3.63, 3.8) is 0 Å². The average molecular weight is 381 g/mol. The van der Waals surface area contributed by atoms with Gasteiger partial charge in [0.15, 0.2) is 16.3 Å². The highest BCUT2D eigenvalue weighted by molar-refractivity contribution is 14.1. The number of aryl methyl sites for hydroxylation is 1. The van der Waals surface area contributed by atoms with Crippen LogP contribution in [0.15, 0.2) is 26.0 Å². The van der Waals surface area contributed by atoms with Gasteiger partial charge in [-0.15, -0.1) is 0 Å². The number of hydrogen-bond donors (Lipinski definition) is 1. The number of furan rings is 1. The zero-order valence-electron chi connectivity index (χ0n) is 7.67. The molecule has 0 radical (unpaired) electrons. The Balaban J connectivity index is 2.60. The minimum Gasteiger partial charge on any atom is -0.446 e. The molecule has 2 heterocycles. The van der Waals surface area contributed by atoms with Crippen molar-refractivity contribution in [1.82, 2.24) is 9.97 Å². The van der Waals surface area contributed by atoms with Gasteiger partial charge in [0.2, 0.25) is 0 Å². The Morgan fingerprint density at radius 2 is 2.27 bits per heavy atom. The highest BCUT2D eigenvalue weighted by Crippen LogP contribution is 2.21. The van der Waals surface area contributed by atoms with E-state index >= 15 is 0 Å². The van der Waals surface area contributed by atoms with E-state index in [2.05, 4.69) is 25.9 Å². The molecule has 0 amide bonds. The van der Waals surface area contributed by atoms with E-state index in [9.17, 15) is 4.79 Å². The molecule has 0 aliphatic carbocycles. The third-order valence-electron chi connectivity index (χ3n) is 1.84. The molecule has 0 spiro atoms. The minimum absolute atomic E-state index is 0.148. The van der Waals surface area contributed by atoms with E-state index in [-0.39, 0.29) is 5.56 Å². The predicted molar refractivity (Wildman–Crippen MR) is 67.7 cm³/mol. The molecule has 0 unspecified atom stereocenters. The number of aromatic nitrogens is 2. The monoisotopic (exact) mass is 380 g/mol. The first-order chi connectivity index (χ1) is 7.08. The molecule has 0 bridgehead atoms. The van der Waals surface area contributed by atoms with Crippen LogP contribution in [0.1, 0.15) is 5.69 Å². The number of nitrogens with zero attached hydrogens (tertiary/aromatic N) is 1. The molecule has 2 rings (SSSR count). The molecule has 78 valence electrons. The summed E-state index contributed by atoms with van der Waals surface area (Å²) in [4.78, 5) is 18.4. The minimum atomic E-state index is -0.148. The first-order valence-corrected chi connectivity index (χ1v) is 5.97. The van der Waals surface area contributed by atoms with Gasteiger partial charge in [0.25, 0.3) is 5.56 Å². The van der Waals surface area contributed by atoms with Crippen molar-refractivity contribution in [2.24, 2.45) is 0 Å². The Morgan fingerprint density at radius 1 is 1.53 bits per heavy atom. The zero-order chi connectivity index (χ0) is 11.0. The third kappa shape index (κ3) is 2.15. The van der Waals surface area contributed by atoms with Gasteiger partial charge in [-0.05, 0) is 57.6 Å².